The standard InChI is InChI=1S/C21H19IN2O3S/c1-14-13-16(22)10-11-17(14)23-20(25)9-4-12-24-18-7-2-5-15-6-3-8-19(21(15)18)28(24,26)27/h2-3,5-8,10-11,13H,4,9,12H2,1H3,(H,23,25). The third-order valence-electron chi connectivity index (χ3n) is 4.91. The number of hydrogen-bond acceptors (Lipinski definition) is 3. The molecule has 1 aliphatic heterocycles. The lowest BCUT2D eigenvalue weighted by molar-refractivity contribution is -0.116. The summed E-state index contributed by atoms with van der Waals surface area (Å²) in [6.07, 6.45) is 0.697. The third kappa shape index (κ3) is 3.37. The molecule has 5 nitrogen and oxygen atoms in total. The van der Waals surface area contributed by atoms with Crippen molar-refractivity contribution in [3.05, 3.63) is 63.7 Å². The lowest BCUT2D eigenvalue weighted by Crippen LogP contribution is -2.29. The summed E-state index contributed by atoms with van der Waals surface area (Å²) in [5, 5.41) is 4.59. The van der Waals surface area contributed by atoms with Crippen molar-refractivity contribution in [2.24, 2.45) is 0 Å². The predicted molar refractivity (Wildman–Crippen MR) is 120 cm³/mol. The summed E-state index contributed by atoms with van der Waals surface area (Å²) in [6.45, 7) is 2.22. The summed E-state index contributed by atoms with van der Waals surface area (Å²) < 4.78 is 28.4. The van der Waals surface area contributed by atoms with Crippen molar-refractivity contribution < 1.29 is 13.2 Å². The molecule has 0 aromatic heterocycles. The summed E-state index contributed by atoms with van der Waals surface area (Å²) in [7, 11) is -3.57. The quantitative estimate of drug-likeness (QED) is 0.512. The van der Waals surface area contributed by atoms with Crippen LogP contribution in [0.25, 0.3) is 10.8 Å². The van der Waals surface area contributed by atoms with E-state index in [1.165, 1.54) is 4.31 Å². The van der Waals surface area contributed by atoms with Crippen LogP contribution in [0.3, 0.4) is 0 Å². The molecule has 144 valence electrons. The molecule has 0 aliphatic carbocycles. The highest BCUT2D eigenvalue weighted by atomic mass is 127. The number of sulfonamides is 1. The maximum Gasteiger partial charge on any atom is 0.265 e. The SMILES string of the molecule is Cc1cc(I)ccc1NC(=O)CCCN1c2cccc3cccc(c23)S1(=O)=O. The van der Waals surface area contributed by atoms with E-state index < -0.39 is 10.0 Å². The van der Waals surface area contributed by atoms with Crippen molar-refractivity contribution in [1.82, 2.24) is 0 Å². The van der Waals surface area contributed by atoms with Crippen LogP contribution in [-0.2, 0) is 14.8 Å². The molecule has 4 rings (SSSR count). The zero-order valence-corrected chi connectivity index (χ0v) is 18.2. The Kier molecular flexibility index (Phi) is 5.05. The lowest BCUT2D eigenvalue weighted by atomic mass is 10.1. The first-order valence-corrected chi connectivity index (χ1v) is 11.5. The number of carbonyl (C=O) groups is 1. The molecule has 28 heavy (non-hydrogen) atoms. The summed E-state index contributed by atoms with van der Waals surface area (Å²) in [5.41, 5.74) is 2.49. The fourth-order valence-corrected chi connectivity index (χ4v) is 5.96. The molecule has 1 aliphatic rings. The number of anilines is 2. The highest BCUT2D eigenvalue weighted by Gasteiger charge is 2.34. The fourth-order valence-electron chi connectivity index (χ4n) is 3.56. The van der Waals surface area contributed by atoms with Crippen LogP contribution in [0.2, 0.25) is 0 Å². The normalized spacial score (nSPS) is 14.4. The monoisotopic (exact) mass is 506 g/mol. The summed E-state index contributed by atoms with van der Waals surface area (Å²) in [6, 6.07) is 16.8. The van der Waals surface area contributed by atoms with Gasteiger partial charge in [0.1, 0.15) is 0 Å². The Hall–Kier alpha value is -2.13. The molecule has 1 heterocycles. The topological polar surface area (TPSA) is 66.5 Å². The average molecular weight is 506 g/mol. The average Bonchev–Trinajstić information content (AvgIpc) is 2.87. The van der Waals surface area contributed by atoms with Gasteiger partial charge < -0.3 is 5.32 Å². The van der Waals surface area contributed by atoms with Crippen LogP contribution in [0.5, 0.6) is 0 Å². The van der Waals surface area contributed by atoms with Crippen LogP contribution in [0.4, 0.5) is 11.4 Å². The number of amides is 1. The predicted octanol–water partition coefficient (Wildman–Crippen LogP) is 4.68. The van der Waals surface area contributed by atoms with Crippen LogP contribution < -0.4 is 9.62 Å². The van der Waals surface area contributed by atoms with E-state index in [0.717, 1.165) is 25.6 Å². The second-order valence-corrected chi connectivity index (χ2v) is 9.90. The van der Waals surface area contributed by atoms with E-state index >= 15 is 0 Å². The third-order valence-corrected chi connectivity index (χ3v) is 7.44. The van der Waals surface area contributed by atoms with Gasteiger partial charge in [-0.3, -0.25) is 9.10 Å². The van der Waals surface area contributed by atoms with Gasteiger partial charge in [-0.2, -0.15) is 0 Å². The van der Waals surface area contributed by atoms with Gasteiger partial charge in [0.15, 0.2) is 0 Å². The molecular weight excluding hydrogens is 487 g/mol. The van der Waals surface area contributed by atoms with Crippen LogP contribution in [0.15, 0.2) is 59.5 Å². The molecule has 3 aromatic carbocycles. The van der Waals surface area contributed by atoms with E-state index in [2.05, 4.69) is 27.9 Å². The minimum atomic E-state index is -3.57. The van der Waals surface area contributed by atoms with Gasteiger partial charge in [0.2, 0.25) is 5.91 Å². The van der Waals surface area contributed by atoms with Crippen LogP contribution in [0, 0.1) is 10.5 Å². The number of nitrogens with one attached hydrogen (secondary N) is 1. The van der Waals surface area contributed by atoms with E-state index in [4.69, 9.17) is 0 Å². The van der Waals surface area contributed by atoms with Gasteiger partial charge in [0.25, 0.3) is 10.0 Å². The van der Waals surface area contributed by atoms with Crippen molar-refractivity contribution in [2.45, 2.75) is 24.7 Å². The molecule has 0 atom stereocenters. The van der Waals surface area contributed by atoms with Crippen LogP contribution in [-0.4, -0.2) is 20.9 Å². The molecule has 0 saturated carbocycles. The molecule has 0 bridgehead atoms. The van der Waals surface area contributed by atoms with E-state index in [0.29, 0.717) is 17.0 Å². The van der Waals surface area contributed by atoms with Gasteiger partial charge in [0, 0.05) is 27.6 Å². The first-order chi connectivity index (χ1) is 13.4. The van der Waals surface area contributed by atoms with Crippen molar-refractivity contribution in [3.8, 4) is 0 Å². The fraction of sp³-hybridized carbons (Fsp3) is 0.190. The Morgan fingerprint density at radius 2 is 1.86 bits per heavy atom. The number of benzene rings is 3. The number of rotatable bonds is 5. The van der Waals surface area contributed by atoms with Gasteiger partial charge in [-0.1, -0.05) is 24.3 Å². The van der Waals surface area contributed by atoms with Crippen molar-refractivity contribution in [2.75, 3.05) is 16.2 Å². The lowest BCUT2D eigenvalue weighted by Gasteiger charge is -2.18. The Balaban J connectivity index is 1.46. The summed E-state index contributed by atoms with van der Waals surface area (Å²) in [4.78, 5) is 12.7. The van der Waals surface area contributed by atoms with Crippen LogP contribution in [0.1, 0.15) is 18.4 Å². The number of aryl methyl sites for hydroxylation is 1. The van der Waals surface area contributed by atoms with Gasteiger partial charge in [-0.25, -0.2) is 8.42 Å². The molecule has 1 amide bonds. The Labute approximate surface area is 177 Å². The number of nitrogens with zero attached hydrogens (tertiary/aromatic N) is 1. The highest BCUT2D eigenvalue weighted by Crippen LogP contribution is 2.41. The van der Waals surface area contributed by atoms with Gasteiger partial charge >= 0.3 is 0 Å². The first kappa shape index (κ1) is 19.2. The molecule has 0 unspecified atom stereocenters. The highest BCUT2D eigenvalue weighted by molar-refractivity contribution is 14.1. The molecule has 7 heteroatoms. The number of halogens is 1. The molecular formula is C21H19IN2O3S. The molecule has 3 aromatic rings. The van der Waals surface area contributed by atoms with Crippen LogP contribution >= 0.6 is 22.6 Å². The van der Waals surface area contributed by atoms with Crippen molar-refractivity contribution >= 4 is 60.7 Å². The molecule has 0 fully saturated rings. The number of hydrogen-bond donors (Lipinski definition) is 1. The zero-order valence-electron chi connectivity index (χ0n) is 15.3. The number of carbonyl (C=O) groups excluding carboxylic acids is 1. The first-order valence-electron chi connectivity index (χ1n) is 8.98. The van der Waals surface area contributed by atoms with E-state index in [9.17, 15) is 13.2 Å². The van der Waals surface area contributed by atoms with Gasteiger partial charge in [0.05, 0.1) is 10.6 Å². The largest absolute Gasteiger partial charge is 0.326 e. The Morgan fingerprint density at radius 3 is 2.61 bits per heavy atom. The summed E-state index contributed by atoms with van der Waals surface area (Å²) in [5.74, 6) is -0.114. The smallest absolute Gasteiger partial charge is 0.265 e. The molecule has 1 N–H and O–H groups in total. The second-order valence-electron chi connectivity index (χ2n) is 6.82. The van der Waals surface area contributed by atoms with E-state index in [1.807, 2.05) is 49.4 Å². The Bertz CT molecular complexity index is 1190. The van der Waals surface area contributed by atoms with E-state index in [-0.39, 0.29) is 18.9 Å². The minimum absolute atomic E-state index is 0.114. The van der Waals surface area contributed by atoms with Gasteiger partial charge in [-0.05, 0) is 77.2 Å². The molecule has 0 saturated heterocycles. The zero-order chi connectivity index (χ0) is 19.9. The summed E-state index contributed by atoms with van der Waals surface area (Å²) >= 11 is 2.23. The second kappa shape index (κ2) is 7.36. The minimum Gasteiger partial charge on any atom is -0.326 e. The van der Waals surface area contributed by atoms with Crippen molar-refractivity contribution in [1.29, 1.82) is 0 Å². The molecule has 0 spiro atoms. The molecule has 0 radical (unpaired) electrons. The van der Waals surface area contributed by atoms with Crippen molar-refractivity contribution in [3.63, 3.8) is 0 Å². The van der Waals surface area contributed by atoms with Gasteiger partial charge in [-0.15, -0.1) is 0 Å². The maximum absolute atomic E-state index is 12.9. The Morgan fingerprint density at radius 1 is 1.11 bits per heavy atom. The van der Waals surface area contributed by atoms with E-state index in [1.54, 1.807) is 12.1 Å². The maximum atomic E-state index is 12.9.